The van der Waals surface area contributed by atoms with Crippen LogP contribution in [0.25, 0.3) is 0 Å². The van der Waals surface area contributed by atoms with Crippen LogP contribution in [0.3, 0.4) is 0 Å². The number of piperazine rings is 1. The van der Waals surface area contributed by atoms with E-state index in [4.69, 9.17) is 4.74 Å². The number of hydrogen-bond donors (Lipinski definition) is 1. The Balaban J connectivity index is 2.40. The summed E-state index contributed by atoms with van der Waals surface area (Å²) in [6.07, 6.45) is 0. The highest BCUT2D eigenvalue weighted by Crippen LogP contribution is 2.30. The topological polar surface area (TPSA) is 102 Å². The Morgan fingerprint density at radius 3 is 2.76 bits per heavy atom. The van der Waals surface area contributed by atoms with Gasteiger partial charge >= 0.3 is 5.69 Å². The number of hydrogen-bond acceptors (Lipinski definition) is 6. The van der Waals surface area contributed by atoms with Crippen LogP contribution in [0.5, 0.6) is 5.75 Å². The van der Waals surface area contributed by atoms with Crippen LogP contribution in [0.2, 0.25) is 0 Å². The molecule has 0 radical (unpaired) electrons. The van der Waals surface area contributed by atoms with Crippen LogP contribution in [0.4, 0.5) is 5.69 Å². The van der Waals surface area contributed by atoms with Gasteiger partial charge in [-0.2, -0.15) is 4.31 Å². The fraction of sp³-hybridized carbons (Fsp3) is 0.500. The number of methoxy groups -OCH3 is 1. The lowest BCUT2D eigenvalue weighted by atomic mass is 10.3. The molecule has 0 aromatic heterocycles. The van der Waals surface area contributed by atoms with E-state index in [2.05, 4.69) is 5.32 Å². The van der Waals surface area contributed by atoms with Crippen LogP contribution in [-0.2, 0) is 10.0 Å². The van der Waals surface area contributed by atoms with Crippen molar-refractivity contribution in [1.82, 2.24) is 9.62 Å². The van der Waals surface area contributed by atoms with Crippen molar-refractivity contribution in [2.45, 2.75) is 17.9 Å². The molecule has 2 rings (SSSR count). The van der Waals surface area contributed by atoms with Gasteiger partial charge in [-0.1, -0.05) is 0 Å². The number of nitrogens with zero attached hydrogens (tertiary/aromatic N) is 2. The molecule has 1 aliphatic heterocycles. The zero-order valence-electron chi connectivity index (χ0n) is 11.8. The Kier molecular flexibility index (Phi) is 4.45. The fourth-order valence-electron chi connectivity index (χ4n) is 2.24. The minimum absolute atomic E-state index is 0.0348. The number of rotatable bonds is 4. The maximum atomic E-state index is 12.5. The molecule has 0 aliphatic carbocycles. The predicted molar refractivity (Wildman–Crippen MR) is 75.9 cm³/mol. The lowest BCUT2D eigenvalue weighted by molar-refractivity contribution is -0.386. The maximum Gasteiger partial charge on any atom is 0.312 e. The van der Waals surface area contributed by atoms with Gasteiger partial charge in [0.05, 0.1) is 16.9 Å². The molecule has 1 N–H and O–H groups in total. The first kappa shape index (κ1) is 15.7. The summed E-state index contributed by atoms with van der Waals surface area (Å²) in [5.74, 6) is 0.0348. The number of ether oxygens (including phenoxy) is 1. The summed E-state index contributed by atoms with van der Waals surface area (Å²) in [7, 11) is -2.44. The number of sulfonamides is 1. The molecule has 0 spiro atoms. The van der Waals surface area contributed by atoms with E-state index in [1.807, 2.05) is 6.92 Å². The molecule has 21 heavy (non-hydrogen) atoms. The van der Waals surface area contributed by atoms with E-state index in [-0.39, 0.29) is 22.4 Å². The van der Waals surface area contributed by atoms with E-state index >= 15 is 0 Å². The van der Waals surface area contributed by atoms with Gasteiger partial charge in [0.15, 0.2) is 5.75 Å². The van der Waals surface area contributed by atoms with Gasteiger partial charge in [0.25, 0.3) is 0 Å². The number of benzene rings is 1. The van der Waals surface area contributed by atoms with E-state index in [0.717, 1.165) is 6.07 Å². The van der Waals surface area contributed by atoms with Crippen molar-refractivity contribution in [2.75, 3.05) is 26.7 Å². The van der Waals surface area contributed by atoms with Crippen LogP contribution in [-0.4, -0.2) is 50.4 Å². The summed E-state index contributed by atoms with van der Waals surface area (Å²) >= 11 is 0. The summed E-state index contributed by atoms with van der Waals surface area (Å²) in [5.41, 5.74) is -0.359. The first-order valence-corrected chi connectivity index (χ1v) is 7.86. The van der Waals surface area contributed by atoms with E-state index in [1.54, 1.807) is 0 Å². The Labute approximate surface area is 122 Å². The van der Waals surface area contributed by atoms with Crippen molar-refractivity contribution in [1.29, 1.82) is 0 Å². The third kappa shape index (κ3) is 3.14. The summed E-state index contributed by atoms with van der Waals surface area (Å²) in [6, 6.07) is 3.72. The Morgan fingerprint density at radius 1 is 1.48 bits per heavy atom. The Bertz CT molecular complexity index is 646. The van der Waals surface area contributed by atoms with Crippen molar-refractivity contribution < 1.29 is 18.1 Å². The van der Waals surface area contributed by atoms with Gasteiger partial charge in [-0.3, -0.25) is 10.1 Å². The number of nitrogens with one attached hydrogen (secondary N) is 1. The molecule has 8 nitrogen and oxygen atoms in total. The summed E-state index contributed by atoms with van der Waals surface area (Å²) in [5, 5.41) is 14.1. The van der Waals surface area contributed by atoms with E-state index < -0.39 is 14.9 Å². The lowest BCUT2D eigenvalue weighted by Crippen LogP contribution is -2.51. The highest BCUT2D eigenvalue weighted by Gasteiger charge is 2.30. The SMILES string of the molecule is COc1ccc(S(=O)(=O)N2CCN[C@@H](C)C2)cc1[N+](=O)[O-]. The van der Waals surface area contributed by atoms with Crippen LogP contribution >= 0.6 is 0 Å². The molecule has 1 aromatic rings. The molecule has 0 saturated carbocycles. The second-order valence-electron chi connectivity index (χ2n) is 4.81. The molecule has 0 unspecified atom stereocenters. The van der Waals surface area contributed by atoms with Gasteiger partial charge in [0.2, 0.25) is 10.0 Å². The lowest BCUT2D eigenvalue weighted by Gasteiger charge is -2.30. The number of nitro groups is 1. The second-order valence-corrected chi connectivity index (χ2v) is 6.75. The van der Waals surface area contributed by atoms with Crippen molar-refractivity contribution in [3.05, 3.63) is 28.3 Å². The van der Waals surface area contributed by atoms with Crippen LogP contribution in [0, 0.1) is 10.1 Å². The van der Waals surface area contributed by atoms with Crippen molar-refractivity contribution >= 4 is 15.7 Å². The first-order valence-electron chi connectivity index (χ1n) is 6.42. The summed E-state index contributed by atoms with van der Waals surface area (Å²) in [4.78, 5) is 10.2. The number of nitro benzene ring substituents is 1. The van der Waals surface area contributed by atoms with Gasteiger partial charge in [-0.05, 0) is 19.1 Å². The van der Waals surface area contributed by atoms with Crippen LogP contribution in [0.1, 0.15) is 6.92 Å². The van der Waals surface area contributed by atoms with Crippen LogP contribution < -0.4 is 10.1 Å². The molecule has 1 saturated heterocycles. The normalized spacial score (nSPS) is 20.2. The molecular formula is C12H17N3O5S. The minimum atomic E-state index is -3.74. The smallest absolute Gasteiger partial charge is 0.312 e. The van der Waals surface area contributed by atoms with E-state index in [9.17, 15) is 18.5 Å². The average Bonchev–Trinajstić information content (AvgIpc) is 2.46. The molecule has 1 aromatic carbocycles. The highest BCUT2D eigenvalue weighted by atomic mass is 32.2. The monoisotopic (exact) mass is 315 g/mol. The molecule has 116 valence electrons. The van der Waals surface area contributed by atoms with Crippen molar-refractivity contribution in [2.24, 2.45) is 0 Å². The molecule has 1 heterocycles. The first-order chi connectivity index (χ1) is 9.86. The predicted octanol–water partition coefficient (Wildman–Crippen LogP) is 0.586. The third-order valence-electron chi connectivity index (χ3n) is 3.32. The Morgan fingerprint density at radius 2 is 2.19 bits per heavy atom. The van der Waals surface area contributed by atoms with Gasteiger partial charge in [0, 0.05) is 31.7 Å². The Hall–Kier alpha value is -1.71. The van der Waals surface area contributed by atoms with Gasteiger partial charge < -0.3 is 10.1 Å². The molecule has 0 bridgehead atoms. The zero-order chi connectivity index (χ0) is 15.6. The van der Waals surface area contributed by atoms with Gasteiger partial charge in [-0.15, -0.1) is 0 Å². The molecular weight excluding hydrogens is 298 g/mol. The molecule has 0 amide bonds. The van der Waals surface area contributed by atoms with Crippen molar-refractivity contribution in [3.8, 4) is 5.75 Å². The third-order valence-corrected chi connectivity index (χ3v) is 5.18. The highest BCUT2D eigenvalue weighted by molar-refractivity contribution is 7.89. The average molecular weight is 315 g/mol. The standard InChI is InChI=1S/C12H17N3O5S/c1-9-8-14(6-5-13-9)21(18,19)10-3-4-12(20-2)11(7-10)15(16)17/h3-4,7,9,13H,5-6,8H2,1-2H3/t9-/m0/s1. The molecule has 1 atom stereocenters. The van der Waals surface area contributed by atoms with E-state index in [1.165, 1.54) is 23.5 Å². The molecule has 1 fully saturated rings. The zero-order valence-corrected chi connectivity index (χ0v) is 12.6. The maximum absolute atomic E-state index is 12.5. The summed E-state index contributed by atoms with van der Waals surface area (Å²) < 4.78 is 31.3. The van der Waals surface area contributed by atoms with Crippen LogP contribution in [0.15, 0.2) is 23.1 Å². The molecule has 9 heteroatoms. The summed E-state index contributed by atoms with van der Waals surface area (Å²) in [6.45, 7) is 3.12. The minimum Gasteiger partial charge on any atom is -0.490 e. The fourth-order valence-corrected chi connectivity index (χ4v) is 3.79. The molecule has 1 aliphatic rings. The quantitative estimate of drug-likeness (QED) is 0.644. The second kappa shape index (κ2) is 5.96. The van der Waals surface area contributed by atoms with Gasteiger partial charge in [0.1, 0.15) is 0 Å². The van der Waals surface area contributed by atoms with Gasteiger partial charge in [-0.25, -0.2) is 8.42 Å². The van der Waals surface area contributed by atoms with E-state index in [0.29, 0.717) is 19.6 Å². The largest absolute Gasteiger partial charge is 0.490 e. The van der Waals surface area contributed by atoms with Crippen molar-refractivity contribution in [3.63, 3.8) is 0 Å².